The number of aromatic nitrogens is 4. The normalized spacial score (nSPS) is 16.4. The molecule has 0 amide bonds. The minimum Gasteiger partial charge on any atom is -0.296 e. The van der Waals surface area contributed by atoms with Gasteiger partial charge in [0.15, 0.2) is 5.82 Å². The first kappa shape index (κ1) is 14.1. The molecule has 0 unspecified atom stereocenters. The minimum atomic E-state index is 0.713. The fourth-order valence-corrected chi connectivity index (χ4v) is 4.00. The molecule has 3 aromatic rings. The summed E-state index contributed by atoms with van der Waals surface area (Å²) in [5.41, 5.74) is 0.948. The molecule has 22 heavy (non-hydrogen) atoms. The van der Waals surface area contributed by atoms with Gasteiger partial charge in [0.1, 0.15) is 5.01 Å². The summed E-state index contributed by atoms with van der Waals surface area (Å²) in [6.45, 7) is 3.08. The van der Waals surface area contributed by atoms with Gasteiger partial charge in [-0.25, -0.2) is 0 Å². The topological polar surface area (TPSA) is 46.3 Å². The quantitative estimate of drug-likeness (QED) is 0.736. The van der Waals surface area contributed by atoms with Gasteiger partial charge in [-0.15, -0.1) is 10.2 Å². The molecule has 4 rings (SSSR count). The van der Waals surface area contributed by atoms with Gasteiger partial charge in [0.2, 0.25) is 4.96 Å². The van der Waals surface area contributed by atoms with Gasteiger partial charge < -0.3 is 0 Å². The summed E-state index contributed by atoms with van der Waals surface area (Å²) >= 11 is 7.78. The number of benzene rings is 1. The van der Waals surface area contributed by atoms with Crippen molar-refractivity contribution in [3.05, 3.63) is 35.1 Å². The van der Waals surface area contributed by atoms with Crippen LogP contribution in [0, 0.1) is 0 Å². The van der Waals surface area contributed by atoms with Gasteiger partial charge in [0.25, 0.3) is 0 Å². The Bertz CT molecular complexity index is 790. The zero-order valence-electron chi connectivity index (χ0n) is 12.1. The number of nitrogens with zero attached hydrogens (tertiary/aromatic N) is 5. The van der Waals surface area contributed by atoms with Crippen molar-refractivity contribution in [2.75, 3.05) is 13.1 Å². The van der Waals surface area contributed by atoms with E-state index in [4.69, 9.17) is 11.6 Å². The molecule has 2 aromatic heterocycles. The maximum absolute atomic E-state index is 6.26. The summed E-state index contributed by atoms with van der Waals surface area (Å²) in [5, 5.41) is 14.8. The van der Waals surface area contributed by atoms with Gasteiger partial charge in [-0.2, -0.15) is 9.61 Å². The van der Waals surface area contributed by atoms with Crippen molar-refractivity contribution in [1.29, 1.82) is 0 Å². The monoisotopic (exact) mass is 333 g/mol. The Hall–Kier alpha value is -1.50. The molecule has 114 valence electrons. The fraction of sp³-hybridized carbons (Fsp3) is 0.400. The SMILES string of the molecule is Clc1ccccc1-c1nn2c(CN3CCCCC3)nnc2s1. The Kier molecular flexibility index (Phi) is 3.82. The van der Waals surface area contributed by atoms with E-state index in [1.165, 1.54) is 30.6 Å². The van der Waals surface area contributed by atoms with Gasteiger partial charge in [-0.05, 0) is 32.0 Å². The lowest BCUT2D eigenvalue weighted by atomic mass is 10.1. The van der Waals surface area contributed by atoms with Crippen LogP contribution in [-0.4, -0.2) is 37.8 Å². The van der Waals surface area contributed by atoms with E-state index < -0.39 is 0 Å². The average molecular weight is 334 g/mol. The Morgan fingerprint density at radius 3 is 2.73 bits per heavy atom. The molecule has 1 aromatic carbocycles. The van der Waals surface area contributed by atoms with E-state index in [2.05, 4.69) is 20.2 Å². The van der Waals surface area contributed by atoms with Crippen molar-refractivity contribution < 1.29 is 0 Å². The third-order valence-electron chi connectivity index (χ3n) is 3.97. The van der Waals surface area contributed by atoms with E-state index in [0.717, 1.165) is 41.0 Å². The van der Waals surface area contributed by atoms with Crippen LogP contribution in [0.2, 0.25) is 5.02 Å². The highest BCUT2D eigenvalue weighted by Crippen LogP contribution is 2.31. The van der Waals surface area contributed by atoms with Gasteiger partial charge in [-0.3, -0.25) is 4.90 Å². The molecule has 0 saturated carbocycles. The summed E-state index contributed by atoms with van der Waals surface area (Å²) in [5.74, 6) is 0.909. The standard InChI is InChI=1S/C15H16ClN5S/c16-12-7-3-2-6-11(12)14-19-21-13(17-18-15(21)22-14)10-20-8-4-1-5-9-20/h2-3,6-7H,1,4-5,8-10H2. The number of rotatable bonds is 3. The lowest BCUT2D eigenvalue weighted by Gasteiger charge is -2.25. The maximum Gasteiger partial charge on any atom is 0.235 e. The number of hydrogen-bond donors (Lipinski definition) is 0. The van der Waals surface area contributed by atoms with Crippen LogP contribution in [0.5, 0.6) is 0 Å². The second kappa shape index (κ2) is 5.95. The van der Waals surface area contributed by atoms with Crippen LogP contribution in [0.1, 0.15) is 25.1 Å². The average Bonchev–Trinajstić information content (AvgIpc) is 3.11. The summed E-state index contributed by atoms with van der Waals surface area (Å²) in [4.78, 5) is 3.25. The molecule has 0 atom stereocenters. The van der Waals surface area contributed by atoms with Gasteiger partial charge in [-0.1, -0.05) is 47.6 Å². The third kappa shape index (κ3) is 2.62. The number of piperidine rings is 1. The predicted octanol–water partition coefficient (Wildman–Crippen LogP) is 3.49. The highest BCUT2D eigenvalue weighted by molar-refractivity contribution is 7.19. The van der Waals surface area contributed by atoms with Crippen LogP contribution in [0.15, 0.2) is 24.3 Å². The van der Waals surface area contributed by atoms with E-state index in [9.17, 15) is 0 Å². The van der Waals surface area contributed by atoms with Crippen molar-refractivity contribution in [1.82, 2.24) is 24.7 Å². The molecule has 7 heteroatoms. The summed E-state index contributed by atoms with van der Waals surface area (Å²) in [7, 11) is 0. The first-order chi connectivity index (χ1) is 10.8. The zero-order valence-corrected chi connectivity index (χ0v) is 13.6. The van der Waals surface area contributed by atoms with Crippen molar-refractivity contribution in [3.63, 3.8) is 0 Å². The predicted molar refractivity (Wildman–Crippen MR) is 88.2 cm³/mol. The summed E-state index contributed by atoms with van der Waals surface area (Å²) in [6.07, 6.45) is 3.87. The Balaban J connectivity index is 1.66. The number of halogens is 1. The van der Waals surface area contributed by atoms with Crippen molar-refractivity contribution >= 4 is 27.9 Å². The van der Waals surface area contributed by atoms with Gasteiger partial charge >= 0.3 is 0 Å². The summed E-state index contributed by atoms with van der Waals surface area (Å²) in [6, 6.07) is 7.76. The van der Waals surface area contributed by atoms with E-state index in [-0.39, 0.29) is 0 Å². The first-order valence-corrected chi connectivity index (χ1v) is 8.69. The van der Waals surface area contributed by atoms with Crippen LogP contribution < -0.4 is 0 Å². The van der Waals surface area contributed by atoms with Crippen molar-refractivity contribution in [2.24, 2.45) is 0 Å². The highest BCUT2D eigenvalue weighted by atomic mass is 35.5. The minimum absolute atomic E-state index is 0.713. The smallest absolute Gasteiger partial charge is 0.235 e. The van der Waals surface area contributed by atoms with Gasteiger partial charge in [0, 0.05) is 5.56 Å². The molecule has 1 aliphatic rings. The zero-order chi connectivity index (χ0) is 14.9. The Morgan fingerprint density at radius 2 is 1.91 bits per heavy atom. The largest absolute Gasteiger partial charge is 0.296 e. The van der Waals surface area contributed by atoms with Crippen LogP contribution in [0.3, 0.4) is 0 Å². The van der Waals surface area contributed by atoms with E-state index in [1.807, 2.05) is 28.8 Å². The second-order valence-electron chi connectivity index (χ2n) is 5.53. The van der Waals surface area contributed by atoms with E-state index >= 15 is 0 Å². The molecule has 1 fully saturated rings. The second-order valence-corrected chi connectivity index (χ2v) is 6.90. The van der Waals surface area contributed by atoms with Crippen molar-refractivity contribution in [3.8, 4) is 10.6 Å². The molecule has 5 nitrogen and oxygen atoms in total. The van der Waals surface area contributed by atoms with Crippen LogP contribution in [0.25, 0.3) is 15.5 Å². The van der Waals surface area contributed by atoms with Crippen LogP contribution in [-0.2, 0) is 6.54 Å². The molecule has 0 radical (unpaired) electrons. The first-order valence-electron chi connectivity index (χ1n) is 7.49. The fourth-order valence-electron chi connectivity index (χ4n) is 2.82. The number of likely N-dealkylation sites (tertiary alicyclic amines) is 1. The van der Waals surface area contributed by atoms with Gasteiger partial charge in [0.05, 0.1) is 11.6 Å². The maximum atomic E-state index is 6.26. The lowest BCUT2D eigenvalue weighted by Crippen LogP contribution is -2.30. The molecular formula is C15H16ClN5S. The molecule has 0 spiro atoms. The van der Waals surface area contributed by atoms with E-state index in [1.54, 1.807) is 0 Å². The number of hydrogen-bond acceptors (Lipinski definition) is 5. The number of fused-ring (bicyclic) bond motifs is 1. The molecule has 0 bridgehead atoms. The lowest BCUT2D eigenvalue weighted by molar-refractivity contribution is 0.214. The molecule has 3 heterocycles. The summed E-state index contributed by atoms with van der Waals surface area (Å²) < 4.78 is 1.86. The van der Waals surface area contributed by atoms with Crippen LogP contribution in [0.4, 0.5) is 0 Å². The molecule has 1 aliphatic heterocycles. The molecule has 1 saturated heterocycles. The molecule has 0 N–H and O–H groups in total. The van der Waals surface area contributed by atoms with Crippen molar-refractivity contribution in [2.45, 2.75) is 25.8 Å². The third-order valence-corrected chi connectivity index (χ3v) is 5.24. The molecular weight excluding hydrogens is 318 g/mol. The highest BCUT2D eigenvalue weighted by Gasteiger charge is 2.18. The van der Waals surface area contributed by atoms with E-state index in [0.29, 0.717) is 5.02 Å². The Labute approximate surface area is 137 Å². The Morgan fingerprint density at radius 1 is 1.09 bits per heavy atom. The molecule has 0 aliphatic carbocycles. The van der Waals surface area contributed by atoms with Crippen LogP contribution >= 0.6 is 22.9 Å².